The Bertz CT molecular complexity index is 1120. The predicted molar refractivity (Wildman–Crippen MR) is 125 cm³/mol. The van der Waals surface area contributed by atoms with Gasteiger partial charge in [-0.2, -0.15) is 9.97 Å². The molecular weight excluding hydrogens is 386 g/mol. The molecule has 1 fully saturated rings. The van der Waals surface area contributed by atoms with E-state index in [4.69, 9.17) is 9.97 Å². The fraction of sp³-hybridized carbons (Fsp3) is 0.292. The van der Waals surface area contributed by atoms with Crippen molar-refractivity contribution in [3.05, 3.63) is 78.1 Å². The normalized spacial score (nSPS) is 14.1. The second kappa shape index (κ2) is 9.14. The van der Waals surface area contributed by atoms with Crippen molar-refractivity contribution in [3.63, 3.8) is 0 Å². The molecule has 0 aliphatic carbocycles. The number of fused-ring (bicyclic) bond motifs is 1. The van der Waals surface area contributed by atoms with Crippen LogP contribution in [-0.4, -0.2) is 52.2 Å². The molecule has 0 atom stereocenters. The maximum Gasteiger partial charge on any atom is 0.229 e. The molecule has 0 unspecified atom stereocenters. The van der Waals surface area contributed by atoms with E-state index >= 15 is 0 Å². The van der Waals surface area contributed by atoms with E-state index in [1.54, 1.807) is 0 Å². The maximum absolute atomic E-state index is 4.93. The molecule has 2 aromatic heterocycles. The minimum Gasteiger partial charge on any atom is -0.368 e. The summed E-state index contributed by atoms with van der Waals surface area (Å²) in [6, 6.07) is 20.9. The van der Waals surface area contributed by atoms with E-state index in [0.717, 1.165) is 68.6 Å². The number of hydrogen-bond donors (Lipinski definition) is 2. The van der Waals surface area contributed by atoms with Gasteiger partial charge in [0.05, 0.1) is 12.9 Å². The molecule has 0 amide bonds. The van der Waals surface area contributed by atoms with Gasteiger partial charge in [0.15, 0.2) is 17.0 Å². The highest BCUT2D eigenvalue weighted by Crippen LogP contribution is 2.23. The minimum absolute atomic E-state index is 0.735. The van der Waals surface area contributed by atoms with E-state index in [-0.39, 0.29) is 0 Å². The first kappa shape index (κ1) is 19.5. The van der Waals surface area contributed by atoms with Gasteiger partial charge in [-0.15, -0.1) is 0 Å². The van der Waals surface area contributed by atoms with Crippen molar-refractivity contribution < 1.29 is 0 Å². The zero-order valence-electron chi connectivity index (χ0n) is 17.5. The van der Waals surface area contributed by atoms with Crippen LogP contribution in [0, 0.1) is 0 Å². The number of hydrogen-bond acceptors (Lipinski definition) is 6. The van der Waals surface area contributed by atoms with E-state index in [1.807, 2.05) is 18.5 Å². The molecule has 5 rings (SSSR count). The summed E-state index contributed by atoms with van der Waals surface area (Å²) in [6.07, 6.45) is 2.80. The van der Waals surface area contributed by atoms with Crippen LogP contribution in [0.15, 0.2) is 67.0 Å². The van der Waals surface area contributed by atoms with Gasteiger partial charge in [0, 0.05) is 32.7 Å². The zero-order chi connectivity index (χ0) is 20.9. The fourth-order valence-corrected chi connectivity index (χ4v) is 3.93. The highest BCUT2D eigenvalue weighted by molar-refractivity contribution is 5.84. The third-order valence-corrected chi connectivity index (χ3v) is 5.60. The van der Waals surface area contributed by atoms with Gasteiger partial charge in [-0.3, -0.25) is 0 Å². The van der Waals surface area contributed by atoms with Gasteiger partial charge < -0.3 is 20.1 Å². The molecule has 31 heavy (non-hydrogen) atoms. The van der Waals surface area contributed by atoms with Crippen molar-refractivity contribution in [2.24, 2.45) is 0 Å². The van der Waals surface area contributed by atoms with Crippen molar-refractivity contribution in [1.82, 2.24) is 24.8 Å². The first-order chi connectivity index (χ1) is 15.4. The highest BCUT2D eigenvalue weighted by atomic mass is 15.3. The van der Waals surface area contributed by atoms with Gasteiger partial charge in [-0.05, 0) is 17.5 Å². The van der Waals surface area contributed by atoms with Gasteiger partial charge in [0.25, 0.3) is 0 Å². The number of piperazine rings is 1. The number of rotatable bonds is 7. The second-order valence-corrected chi connectivity index (χ2v) is 7.80. The largest absolute Gasteiger partial charge is 0.368 e. The summed E-state index contributed by atoms with van der Waals surface area (Å²) in [7, 11) is 0. The number of benzene rings is 2. The first-order valence-electron chi connectivity index (χ1n) is 10.9. The predicted octanol–water partition coefficient (Wildman–Crippen LogP) is 2.94. The van der Waals surface area contributed by atoms with Crippen LogP contribution in [-0.2, 0) is 13.0 Å². The van der Waals surface area contributed by atoms with Crippen LogP contribution in [0.2, 0.25) is 0 Å². The van der Waals surface area contributed by atoms with Crippen molar-refractivity contribution in [2.75, 3.05) is 42.9 Å². The Hall–Kier alpha value is -3.45. The summed E-state index contributed by atoms with van der Waals surface area (Å²) in [5, 5.41) is 6.92. The zero-order valence-corrected chi connectivity index (χ0v) is 17.5. The average Bonchev–Trinajstić information content (AvgIpc) is 3.24. The summed E-state index contributed by atoms with van der Waals surface area (Å²) < 4.78 is 2.11. The maximum atomic E-state index is 4.93. The van der Waals surface area contributed by atoms with Gasteiger partial charge in [-0.25, -0.2) is 4.98 Å². The molecule has 7 heteroatoms. The molecule has 0 saturated carbocycles. The van der Waals surface area contributed by atoms with Gasteiger partial charge in [-0.1, -0.05) is 60.7 Å². The third kappa shape index (κ3) is 4.51. The summed E-state index contributed by atoms with van der Waals surface area (Å²) >= 11 is 0. The lowest BCUT2D eigenvalue weighted by Gasteiger charge is -2.27. The van der Waals surface area contributed by atoms with Crippen LogP contribution < -0.4 is 15.5 Å². The summed E-state index contributed by atoms with van der Waals surface area (Å²) in [5.74, 6) is 1.58. The molecule has 1 aliphatic heterocycles. The van der Waals surface area contributed by atoms with E-state index in [1.165, 1.54) is 11.1 Å². The van der Waals surface area contributed by atoms with Crippen molar-refractivity contribution in [3.8, 4) is 0 Å². The standard InChI is InChI=1S/C24H27N7/c1-3-7-19(8-4-1)11-12-26-22-21-23(29-24(28-22)30-15-13-25-14-16-30)31(18-27-21)17-20-9-5-2-6-10-20/h1-10,18,25H,11-17H2,(H,26,28,29). The Morgan fingerprint density at radius 2 is 1.58 bits per heavy atom. The Labute approximate surface area is 182 Å². The monoisotopic (exact) mass is 413 g/mol. The Balaban J connectivity index is 1.45. The van der Waals surface area contributed by atoms with E-state index in [2.05, 4.69) is 73.6 Å². The second-order valence-electron chi connectivity index (χ2n) is 7.80. The molecule has 2 aromatic carbocycles. The van der Waals surface area contributed by atoms with Gasteiger partial charge in [0.2, 0.25) is 5.95 Å². The van der Waals surface area contributed by atoms with Crippen LogP contribution >= 0.6 is 0 Å². The molecule has 0 spiro atoms. The number of imidazole rings is 1. The van der Waals surface area contributed by atoms with Crippen molar-refractivity contribution in [1.29, 1.82) is 0 Å². The summed E-state index contributed by atoms with van der Waals surface area (Å²) in [5.41, 5.74) is 4.22. The topological polar surface area (TPSA) is 70.9 Å². The molecule has 2 N–H and O–H groups in total. The number of nitrogens with one attached hydrogen (secondary N) is 2. The lowest BCUT2D eigenvalue weighted by atomic mass is 10.1. The SMILES string of the molecule is c1ccc(CCNc2nc(N3CCNCC3)nc3c2ncn3Cc2ccccc2)cc1. The first-order valence-corrected chi connectivity index (χ1v) is 10.9. The molecular formula is C24H27N7. The van der Waals surface area contributed by atoms with Crippen LogP contribution in [0.1, 0.15) is 11.1 Å². The molecule has 7 nitrogen and oxygen atoms in total. The molecule has 1 saturated heterocycles. The number of anilines is 2. The van der Waals surface area contributed by atoms with E-state index < -0.39 is 0 Å². The highest BCUT2D eigenvalue weighted by Gasteiger charge is 2.19. The molecule has 158 valence electrons. The summed E-state index contributed by atoms with van der Waals surface area (Å²) in [6.45, 7) is 5.23. The minimum atomic E-state index is 0.735. The van der Waals surface area contributed by atoms with Crippen LogP contribution in [0.3, 0.4) is 0 Å². The fourth-order valence-electron chi connectivity index (χ4n) is 3.93. The third-order valence-electron chi connectivity index (χ3n) is 5.60. The molecule has 3 heterocycles. The summed E-state index contributed by atoms with van der Waals surface area (Å²) in [4.78, 5) is 16.7. The molecule has 4 aromatic rings. The smallest absolute Gasteiger partial charge is 0.229 e. The number of nitrogens with zero attached hydrogens (tertiary/aromatic N) is 5. The average molecular weight is 414 g/mol. The Morgan fingerprint density at radius 1 is 0.871 bits per heavy atom. The lowest BCUT2D eigenvalue weighted by molar-refractivity contribution is 0.580. The van der Waals surface area contributed by atoms with Gasteiger partial charge >= 0.3 is 0 Å². The Kier molecular flexibility index (Phi) is 5.75. The van der Waals surface area contributed by atoms with Crippen LogP contribution in [0.5, 0.6) is 0 Å². The lowest BCUT2D eigenvalue weighted by Crippen LogP contribution is -2.44. The van der Waals surface area contributed by atoms with E-state index in [0.29, 0.717) is 0 Å². The Morgan fingerprint density at radius 3 is 2.32 bits per heavy atom. The van der Waals surface area contributed by atoms with Crippen molar-refractivity contribution in [2.45, 2.75) is 13.0 Å². The molecule has 0 radical (unpaired) electrons. The van der Waals surface area contributed by atoms with Crippen LogP contribution in [0.25, 0.3) is 11.2 Å². The number of aromatic nitrogens is 4. The molecule has 1 aliphatic rings. The van der Waals surface area contributed by atoms with Gasteiger partial charge in [0.1, 0.15) is 0 Å². The quantitative estimate of drug-likeness (QED) is 0.485. The molecule has 0 bridgehead atoms. The van der Waals surface area contributed by atoms with Crippen LogP contribution in [0.4, 0.5) is 11.8 Å². The van der Waals surface area contributed by atoms with E-state index in [9.17, 15) is 0 Å². The van der Waals surface area contributed by atoms with Crippen molar-refractivity contribution >= 4 is 22.9 Å².